The lowest BCUT2D eigenvalue weighted by Crippen LogP contribution is -2.28. The van der Waals surface area contributed by atoms with Gasteiger partial charge in [-0.2, -0.15) is 0 Å². The van der Waals surface area contributed by atoms with Crippen molar-refractivity contribution in [3.63, 3.8) is 0 Å². The van der Waals surface area contributed by atoms with E-state index in [0.717, 1.165) is 16.5 Å². The lowest BCUT2D eigenvalue weighted by molar-refractivity contribution is 0.477. The maximum absolute atomic E-state index is 6.15. The van der Waals surface area contributed by atoms with E-state index in [1.54, 1.807) is 24.5 Å². The van der Waals surface area contributed by atoms with E-state index in [1.807, 2.05) is 18.2 Å². The Morgan fingerprint density at radius 2 is 2.05 bits per heavy atom. The Balaban J connectivity index is 2.10. The van der Waals surface area contributed by atoms with Crippen LogP contribution in [0.4, 0.5) is 0 Å². The van der Waals surface area contributed by atoms with Crippen LogP contribution in [0.15, 0.2) is 47.1 Å². The van der Waals surface area contributed by atoms with Gasteiger partial charge in [-0.15, -0.1) is 0 Å². The third kappa shape index (κ3) is 2.39. The van der Waals surface area contributed by atoms with Gasteiger partial charge in [-0.1, -0.05) is 23.2 Å². The highest BCUT2D eigenvalue weighted by Gasteiger charge is 2.19. The van der Waals surface area contributed by atoms with Gasteiger partial charge in [0.25, 0.3) is 0 Å². The summed E-state index contributed by atoms with van der Waals surface area (Å²) in [7, 11) is 0. The predicted molar refractivity (Wildman–Crippen MR) is 79.6 cm³/mol. The zero-order valence-corrected chi connectivity index (χ0v) is 11.8. The van der Waals surface area contributed by atoms with Crippen LogP contribution >= 0.6 is 23.2 Å². The number of benzene rings is 1. The molecule has 0 aliphatic rings. The summed E-state index contributed by atoms with van der Waals surface area (Å²) in [6, 6.07) is 8.78. The first-order valence-corrected chi connectivity index (χ1v) is 6.69. The maximum Gasteiger partial charge on any atom is 0.134 e. The molecule has 0 amide bonds. The van der Waals surface area contributed by atoms with E-state index >= 15 is 0 Å². The summed E-state index contributed by atoms with van der Waals surface area (Å²) in [5.41, 5.74) is 4.26. The van der Waals surface area contributed by atoms with E-state index in [9.17, 15) is 0 Å². The van der Waals surface area contributed by atoms with Crippen molar-refractivity contribution in [3.05, 3.63) is 64.1 Å². The van der Waals surface area contributed by atoms with Crippen molar-refractivity contribution in [2.75, 3.05) is 0 Å². The van der Waals surface area contributed by atoms with Crippen LogP contribution < -0.4 is 11.3 Å². The normalized spacial score (nSPS) is 12.8. The first-order chi connectivity index (χ1) is 9.69. The highest BCUT2D eigenvalue weighted by molar-refractivity contribution is 6.31. The van der Waals surface area contributed by atoms with Crippen LogP contribution in [0, 0.1) is 0 Å². The van der Waals surface area contributed by atoms with Gasteiger partial charge in [0.1, 0.15) is 17.4 Å². The number of hydrogen-bond acceptors (Lipinski definition) is 4. The van der Waals surface area contributed by atoms with Gasteiger partial charge < -0.3 is 4.42 Å². The number of pyridine rings is 1. The number of furan rings is 1. The van der Waals surface area contributed by atoms with Crippen LogP contribution in [-0.4, -0.2) is 4.98 Å². The first kappa shape index (κ1) is 13.4. The second-order valence-electron chi connectivity index (χ2n) is 4.33. The van der Waals surface area contributed by atoms with Crippen LogP contribution in [0.25, 0.3) is 11.0 Å². The van der Waals surface area contributed by atoms with Crippen molar-refractivity contribution in [1.29, 1.82) is 0 Å². The van der Waals surface area contributed by atoms with Gasteiger partial charge in [0, 0.05) is 22.8 Å². The van der Waals surface area contributed by atoms with Crippen LogP contribution in [0.2, 0.25) is 10.0 Å². The topological polar surface area (TPSA) is 64.1 Å². The summed E-state index contributed by atoms with van der Waals surface area (Å²) in [6.45, 7) is 0. The van der Waals surface area contributed by atoms with E-state index in [1.165, 1.54) is 0 Å². The van der Waals surface area contributed by atoms with Crippen LogP contribution in [0.5, 0.6) is 0 Å². The van der Waals surface area contributed by atoms with Crippen molar-refractivity contribution in [2.45, 2.75) is 6.04 Å². The van der Waals surface area contributed by atoms with Gasteiger partial charge >= 0.3 is 0 Å². The highest BCUT2D eigenvalue weighted by Crippen LogP contribution is 2.31. The fourth-order valence-corrected chi connectivity index (χ4v) is 2.53. The molecule has 0 aliphatic heterocycles. The SMILES string of the molecule is NNC(c1cc2cc(Cl)ccc2o1)c1ccncc1Cl. The molecule has 2 aromatic heterocycles. The van der Waals surface area contributed by atoms with E-state index in [2.05, 4.69) is 10.4 Å². The third-order valence-corrected chi connectivity index (χ3v) is 3.61. The third-order valence-electron chi connectivity index (χ3n) is 3.06. The number of nitrogens with zero attached hydrogens (tertiary/aromatic N) is 1. The van der Waals surface area contributed by atoms with Crippen molar-refractivity contribution in [2.24, 2.45) is 5.84 Å². The molecule has 0 bridgehead atoms. The Kier molecular flexibility index (Phi) is 3.63. The molecule has 4 nitrogen and oxygen atoms in total. The Bertz CT molecular complexity index is 757. The quantitative estimate of drug-likeness (QED) is 0.572. The van der Waals surface area contributed by atoms with E-state index in [0.29, 0.717) is 15.8 Å². The van der Waals surface area contributed by atoms with Crippen LogP contribution in [0.1, 0.15) is 17.4 Å². The molecule has 3 rings (SSSR count). The minimum absolute atomic E-state index is 0.350. The van der Waals surface area contributed by atoms with Crippen molar-refractivity contribution < 1.29 is 4.42 Å². The summed E-state index contributed by atoms with van der Waals surface area (Å²) < 4.78 is 5.81. The number of rotatable bonds is 3. The van der Waals surface area contributed by atoms with Gasteiger partial charge in [-0.3, -0.25) is 10.8 Å². The molecular formula is C14H11Cl2N3O. The van der Waals surface area contributed by atoms with Crippen molar-refractivity contribution >= 4 is 34.2 Å². The maximum atomic E-state index is 6.15. The minimum Gasteiger partial charge on any atom is -0.459 e. The molecule has 0 spiro atoms. The van der Waals surface area contributed by atoms with Crippen molar-refractivity contribution in [1.82, 2.24) is 10.4 Å². The summed E-state index contributed by atoms with van der Waals surface area (Å²) in [5, 5.41) is 2.09. The smallest absolute Gasteiger partial charge is 0.134 e. The summed E-state index contributed by atoms with van der Waals surface area (Å²) in [4.78, 5) is 3.96. The second-order valence-corrected chi connectivity index (χ2v) is 5.17. The highest BCUT2D eigenvalue weighted by atomic mass is 35.5. The monoisotopic (exact) mass is 307 g/mol. The second kappa shape index (κ2) is 5.42. The van der Waals surface area contributed by atoms with Crippen LogP contribution in [0.3, 0.4) is 0 Å². The lowest BCUT2D eigenvalue weighted by Gasteiger charge is -2.14. The molecule has 0 radical (unpaired) electrons. The van der Waals surface area contributed by atoms with Gasteiger partial charge in [0.15, 0.2) is 0 Å². The van der Waals surface area contributed by atoms with E-state index in [-0.39, 0.29) is 6.04 Å². The Hall–Kier alpha value is -1.59. The van der Waals surface area contributed by atoms with Gasteiger partial charge in [0.2, 0.25) is 0 Å². The average Bonchev–Trinajstić information content (AvgIpc) is 2.84. The molecule has 1 aromatic carbocycles. The predicted octanol–water partition coefficient (Wildman–Crippen LogP) is 3.69. The van der Waals surface area contributed by atoms with Crippen LogP contribution in [-0.2, 0) is 0 Å². The zero-order chi connectivity index (χ0) is 14.1. The molecule has 3 aromatic rings. The van der Waals surface area contributed by atoms with Gasteiger partial charge in [-0.25, -0.2) is 5.43 Å². The molecule has 0 saturated heterocycles. The molecule has 102 valence electrons. The number of hydrogen-bond donors (Lipinski definition) is 2. The fourth-order valence-electron chi connectivity index (χ4n) is 2.12. The van der Waals surface area contributed by atoms with Crippen molar-refractivity contribution in [3.8, 4) is 0 Å². The fraction of sp³-hybridized carbons (Fsp3) is 0.0714. The molecule has 20 heavy (non-hydrogen) atoms. The first-order valence-electron chi connectivity index (χ1n) is 5.93. The molecular weight excluding hydrogens is 297 g/mol. The number of aromatic nitrogens is 1. The minimum atomic E-state index is -0.350. The number of nitrogens with one attached hydrogen (secondary N) is 1. The Morgan fingerprint density at radius 3 is 2.80 bits per heavy atom. The largest absolute Gasteiger partial charge is 0.459 e. The number of nitrogens with two attached hydrogens (primary N) is 1. The summed E-state index contributed by atoms with van der Waals surface area (Å²) in [6.07, 6.45) is 3.23. The number of halogens is 2. The average molecular weight is 308 g/mol. The van der Waals surface area contributed by atoms with E-state index in [4.69, 9.17) is 33.5 Å². The molecule has 0 aliphatic carbocycles. The summed E-state index contributed by atoms with van der Waals surface area (Å²) in [5.74, 6) is 6.31. The zero-order valence-electron chi connectivity index (χ0n) is 10.3. The molecule has 0 saturated carbocycles. The number of hydrazine groups is 1. The Morgan fingerprint density at radius 1 is 1.20 bits per heavy atom. The molecule has 1 atom stereocenters. The molecule has 2 heterocycles. The van der Waals surface area contributed by atoms with E-state index < -0.39 is 0 Å². The molecule has 1 unspecified atom stereocenters. The summed E-state index contributed by atoms with van der Waals surface area (Å²) >= 11 is 12.1. The lowest BCUT2D eigenvalue weighted by atomic mass is 10.1. The van der Waals surface area contributed by atoms with Gasteiger partial charge in [0.05, 0.1) is 5.02 Å². The molecule has 3 N–H and O–H groups in total. The number of fused-ring (bicyclic) bond motifs is 1. The standard InChI is InChI=1S/C14H11Cl2N3O/c15-9-1-2-12-8(5-9)6-13(20-12)14(19-17)10-3-4-18-7-11(10)16/h1-7,14,19H,17H2. The molecule has 0 fully saturated rings. The Labute approximate surface area is 125 Å². The molecule has 6 heteroatoms. The van der Waals surface area contributed by atoms with Gasteiger partial charge in [-0.05, 0) is 35.9 Å².